The van der Waals surface area contributed by atoms with Gasteiger partial charge in [-0.15, -0.1) is 0 Å². The third kappa shape index (κ3) is 3.87. The van der Waals surface area contributed by atoms with Crippen molar-refractivity contribution in [1.29, 1.82) is 0 Å². The number of rotatable bonds is 5. The topological polar surface area (TPSA) is 55.5 Å². The standard InChI is InChI=1S/C11H17NO2/c1-9(13)11(12)8-14-7-10-5-3-2-4-6-10/h2-6,9,11,13H,7-8,12H2,1H3/t9-,11+/m0/s1. The summed E-state index contributed by atoms with van der Waals surface area (Å²) in [4.78, 5) is 0. The molecule has 3 heteroatoms. The van der Waals surface area contributed by atoms with Gasteiger partial charge in [-0.2, -0.15) is 0 Å². The van der Waals surface area contributed by atoms with Crippen LogP contribution in [0.2, 0.25) is 0 Å². The summed E-state index contributed by atoms with van der Waals surface area (Å²) in [6, 6.07) is 9.58. The van der Waals surface area contributed by atoms with Gasteiger partial charge in [0.05, 0.1) is 25.4 Å². The summed E-state index contributed by atoms with van der Waals surface area (Å²) < 4.78 is 5.36. The molecule has 3 nitrogen and oxygen atoms in total. The van der Waals surface area contributed by atoms with E-state index >= 15 is 0 Å². The zero-order valence-corrected chi connectivity index (χ0v) is 8.39. The minimum absolute atomic E-state index is 0.307. The molecule has 0 aromatic heterocycles. The summed E-state index contributed by atoms with van der Waals surface area (Å²) in [5.41, 5.74) is 6.72. The fourth-order valence-electron chi connectivity index (χ4n) is 1.03. The first-order valence-corrected chi connectivity index (χ1v) is 4.75. The van der Waals surface area contributed by atoms with E-state index in [9.17, 15) is 0 Å². The maximum absolute atomic E-state index is 9.11. The lowest BCUT2D eigenvalue weighted by molar-refractivity contribution is 0.0622. The molecule has 2 atom stereocenters. The molecule has 0 heterocycles. The van der Waals surface area contributed by atoms with Gasteiger partial charge in [0.1, 0.15) is 0 Å². The van der Waals surface area contributed by atoms with E-state index < -0.39 is 6.10 Å². The smallest absolute Gasteiger partial charge is 0.0717 e. The molecule has 0 radical (unpaired) electrons. The minimum Gasteiger partial charge on any atom is -0.392 e. The summed E-state index contributed by atoms with van der Waals surface area (Å²) in [6.07, 6.45) is -0.522. The van der Waals surface area contributed by atoms with E-state index in [4.69, 9.17) is 15.6 Å². The van der Waals surface area contributed by atoms with E-state index in [1.807, 2.05) is 30.3 Å². The van der Waals surface area contributed by atoms with Crippen molar-refractivity contribution >= 4 is 0 Å². The molecule has 0 bridgehead atoms. The molecule has 0 fully saturated rings. The molecule has 78 valence electrons. The number of ether oxygens (including phenoxy) is 1. The first-order valence-electron chi connectivity index (χ1n) is 4.75. The minimum atomic E-state index is -0.522. The van der Waals surface area contributed by atoms with Crippen LogP contribution >= 0.6 is 0 Å². The number of aliphatic hydroxyl groups excluding tert-OH is 1. The Morgan fingerprint density at radius 2 is 2.00 bits per heavy atom. The second-order valence-electron chi connectivity index (χ2n) is 3.41. The Morgan fingerprint density at radius 1 is 1.36 bits per heavy atom. The molecule has 0 spiro atoms. The molecule has 0 aliphatic heterocycles. The second-order valence-corrected chi connectivity index (χ2v) is 3.41. The number of hydrogen-bond donors (Lipinski definition) is 2. The number of aliphatic hydroxyl groups is 1. The lowest BCUT2D eigenvalue weighted by Gasteiger charge is -2.14. The third-order valence-electron chi connectivity index (χ3n) is 2.04. The SMILES string of the molecule is C[C@H](O)[C@H](N)COCc1ccccc1. The predicted octanol–water partition coefficient (Wildman–Crippen LogP) is 0.911. The molecule has 14 heavy (non-hydrogen) atoms. The van der Waals surface area contributed by atoms with E-state index in [2.05, 4.69) is 0 Å². The normalized spacial score (nSPS) is 15.1. The molecule has 1 aromatic rings. The quantitative estimate of drug-likeness (QED) is 0.734. The zero-order valence-electron chi connectivity index (χ0n) is 8.39. The van der Waals surface area contributed by atoms with Crippen LogP contribution in [-0.4, -0.2) is 23.9 Å². The van der Waals surface area contributed by atoms with Crippen LogP contribution in [0.4, 0.5) is 0 Å². The van der Waals surface area contributed by atoms with Crippen molar-refractivity contribution in [2.75, 3.05) is 6.61 Å². The van der Waals surface area contributed by atoms with Crippen molar-refractivity contribution in [3.8, 4) is 0 Å². The molecule has 0 unspecified atom stereocenters. The fourth-order valence-corrected chi connectivity index (χ4v) is 1.03. The van der Waals surface area contributed by atoms with Crippen LogP contribution in [0.1, 0.15) is 12.5 Å². The first kappa shape index (κ1) is 11.2. The molecule has 0 amide bonds. The van der Waals surface area contributed by atoms with Gasteiger partial charge in [0.25, 0.3) is 0 Å². The average Bonchev–Trinajstić information content (AvgIpc) is 2.19. The highest BCUT2D eigenvalue weighted by Gasteiger charge is 2.08. The highest BCUT2D eigenvalue weighted by atomic mass is 16.5. The Labute approximate surface area is 84.5 Å². The van der Waals surface area contributed by atoms with Gasteiger partial charge in [0.15, 0.2) is 0 Å². The van der Waals surface area contributed by atoms with Gasteiger partial charge in [-0.3, -0.25) is 0 Å². The van der Waals surface area contributed by atoms with Crippen LogP contribution in [0.25, 0.3) is 0 Å². The van der Waals surface area contributed by atoms with Crippen molar-refractivity contribution in [2.45, 2.75) is 25.7 Å². The molecule has 0 aliphatic rings. The van der Waals surface area contributed by atoms with Gasteiger partial charge in [0, 0.05) is 0 Å². The van der Waals surface area contributed by atoms with Gasteiger partial charge in [0.2, 0.25) is 0 Å². The highest BCUT2D eigenvalue weighted by Crippen LogP contribution is 2.01. The van der Waals surface area contributed by atoms with Crippen molar-refractivity contribution in [1.82, 2.24) is 0 Å². The number of benzene rings is 1. The summed E-state index contributed by atoms with van der Waals surface area (Å²) in [5, 5.41) is 9.11. The van der Waals surface area contributed by atoms with Gasteiger partial charge >= 0.3 is 0 Å². The largest absolute Gasteiger partial charge is 0.392 e. The molecule has 1 aromatic carbocycles. The fraction of sp³-hybridized carbons (Fsp3) is 0.455. The van der Waals surface area contributed by atoms with Crippen molar-refractivity contribution in [3.63, 3.8) is 0 Å². The van der Waals surface area contributed by atoms with E-state index in [-0.39, 0.29) is 6.04 Å². The first-order chi connectivity index (χ1) is 6.70. The van der Waals surface area contributed by atoms with Gasteiger partial charge in [-0.1, -0.05) is 30.3 Å². The molecule has 0 saturated heterocycles. The Balaban J connectivity index is 2.22. The van der Waals surface area contributed by atoms with Gasteiger partial charge < -0.3 is 15.6 Å². The Hall–Kier alpha value is -0.900. The van der Waals surface area contributed by atoms with E-state index in [0.717, 1.165) is 5.56 Å². The van der Waals surface area contributed by atoms with Crippen LogP contribution in [0.5, 0.6) is 0 Å². The van der Waals surface area contributed by atoms with Crippen LogP contribution < -0.4 is 5.73 Å². The van der Waals surface area contributed by atoms with E-state index in [1.165, 1.54) is 0 Å². The highest BCUT2D eigenvalue weighted by molar-refractivity contribution is 5.13. The van der Waals surface area contributed by atoms with Gasteiger partial charge in [-0.25, -0.2) is 0 Å². The zero-order chi connectivity index (χ0) is 10.4. The average molecular weight is 195 g/mol. The maximum atomic E-state index is 9.11. The van der Waals surface area contributed by atoms with E-state index in [1.54, 1.807) is 6.92 Å². The Morgan fingerprint density at radius 3 is 2.57 bits per heavy atom. The maximum Gasteiger partial charge on any atom is 0.0717 e. The lowest BCUT2D eigenvalue weighted by atomic mass is 10.2. The lowest BCUT2D eigenvalue weighted by Crippen LogP contribution is -2.36. The number of nitrogens with two attached hydrogens (primary N) is 1. The molecular weight excluding hydrogens is 178 g/mol. The molecule has 0 saturated carbocycles. The number of hydrogen-bond acceptors (Lipinski definition) is 3. The molecule has 0 aliphatic carbocycles. The molecular formula is C11H17NO2. The molecule has 1 rings (SSSR count). The monoisotopic (exact) mass is 195 g/mol. The van der Waals surface area contributed by atoms with Crippen LogP contribution in [-0.2, 0) is 11.3 Å². The van der Waals surface area contributed by atoms with E-state index in [0.29, 0.717) is 13.2 Å². The Bertz CT molecular complexity index is 249. The summed E-state index contributed by atoms with van der Waals surface area (Å²) in [5.74, 6) is 0. The predicted molar refractivity (Wildman–Crippen MR) is 55.8 cm³/mol. The summed E-state index contributed by atoms with van der Waals surface area (Å²) in [7, 11) is 0. The van der Waals surface area contributed by atoms with Crippen molar-refractivity contribution in [2.24, 2.45) is 5.73 Å². The van der Waals surface area contributed by atoms with Crippen LogP contribution in [0, 0.1) is 0 Å². The third-order valence-corrected chi connectivity index (χ3v) is 2.04. The van der Waals surface area contributed by atoms with Crippen LogP contribution in [0.15, 0.2) is 30.3 Å². The molecule has 3 N–H and O–H groups in total. The second kappa shape index (κ2) is 5.75. The summed E-state index contributed by atoms with van der Waals surface area (Å²) >= 11 is 0. The van der Waals surface area contributed by atoms with Crippen LogP contribution in [0.3, 0.4) is 0 Å². The Kier molecular flexibility index (Phi) is 4.59. The van der Waals surface area contributed by atoms with Crippen molar-refractivity contribution < 1.29 is 9.84 Å². The van der Waals surface area contributed by atoms with Crippen molar-refractivity contribution in [3.05, 3.63) is 35.9 Å². The summed E-state index contributed by atoms with van der Waals surface area (Å²) in [6.45, 7) is 2.59. The van der Waals surface area contributed by atoms with Gasteiger partial charge in [-0.05, 0) is 12.5 Å².